The number of aryl methyl sites for hydroxylation is 1. The zero-order chi connectivity index (χ0) is 16.5. The molecular weight excluding hydrogens is 312 g/mol. The van der Waals surface area contributed by atoms with Crippen molar-refractivity contribution < 1.29 is 9.32 Å². The van der Waals surface area contributed by atoms with E-state index in [1.165, 1.54) is 4.52 Å². The number of nitrogens with zero attached hydrogens (tertiary/aromatic N) is 8. The van der Waals surface area contributed by atoms with Crippen LogP contribution in [0.25, 0.3) is 5.78 Å². The standard InChI is InChI=1S/C14H16N8O2/c1-10-16-11(19-24-10)9-20-5-7-21(8-6-20)13(23)12-17-14-15-3-2-4-22(14)18-12/h2-4H,5-9H2,1H3. The maximum Gasteiger partial charge on any atom is 0.293 e. The topological polar surface area (TPSA) is 106 Å². The predicted molar refractivity (Wildman–Crippen MR) is 81.0 cm³/mol. The highest BCUT2D eigenvalue weighted by molar-refractivity contribution is 5.90. The molecule has 24 heavy (non-hydrogen) atoms. The van der Waals surface area contributed by atoms with E-state index in [-0.39, 0.29) is 11.7 Å². The van der Waals surface area contributed by atoms with E-state index in [0.29, 0.717) is 37.1 Å². The summed E-state index contributed by atoms with van der Waals surface area (Å²) in [4.78, 5) is 28.9. The van der Waals surface area contributed by atoms with Gasteiger partial charge in [0.1, 0.15) is 0 Å². The third-order valence-corrected chi connectivity index (χ3v) is 3.90. The minimum absolute atomic E-state index is 0.171. The van der Waals surface area contributed by atoms with Crippen LogP contribution in [0.3, 0.4) is 0 Å². The molecule has 4 heterocycles. The van der Waals surface area contributed by atoms with Crippen molar-refractivity contribution in [3.8, 4) is 0 Å². The number of amides is 1. The molecule has 0 atom stereocenters. The molecule has 0 radical (unpaired) electrons. The van der Waals surface area contributed by atoms with Crippen LogP contribution in [0.4, 0.5) is 0 Å². The van der Waals surface area contributed by atoms with Gasteiger partial charge in [0, 0.05) is 45.5 Å². The van der Waals surface area contributed by atoms with Crippen LogP contribution in [0.2, 0.25) is 0 Å². The van der Waals surface area contributed by atoms with Gasteiger partial charge in [0.25, 0.3) is 11.7 Å². The van der Waals surface area contributed by atoms with E-state index in [1.807, 2.05) is 0 Å². The van der Waals surface area contributed by atoms with Crippen LogP contribution < -0.4 is 0 Å². The minimum Gasteiger partial charge on any atom is -0.340 e. The van der Waals surface area contributed by atoms with Crippen LogP contribution in [0.5, 0.6) is 0 Å². The van der Waals surface area contributed by atoms with E-state index >= 15 is 0 Å². The quantitative estimate of drug-likeness (QED) is 0.649. The van der Waals surface area contributed by atoms with Crippen LogP contribution in [-0.2, 0) is 6.54 Å². The van der Waals surface area contributed by atoms with Crippen LogP contribution in [0.1, 0.15) is 22.3 Å². The monoisotopic (exact) mass is 328 g/mol. The van der Waals surface area contributed by atoms with Gasteiger partial charge in [0.2, 0.25) is 11.7 Å². The molecule has 0 unspecified atom stereocenters. The number of piperazine rings is 1. The van der Waals surface area contributed by atoms with Gasteiger partial charge in [-0.15, -0.1) is 5.10 Å². The molecule has 0 spiro atoms. The number of fused-ring (bicyclic) bond motifs is 1. The Morgan fingerprint density at radius 3 is 2.79 bits per heavy atom. The lowest BCUT2D eigenvalue weighted by Gasteiger charge is -2.33. The summed E-state index contributed by atoms with van der Waals surface area (Å²) in [6, 6.07) is 1.74. The zero-order valence-electron chi connectivity index (χ0n) is 13.2. The zero-order valence-corrected chi connectivity index (χ0v) is 13.2. The van der Waals surface area contributed by atoms with Crippen molar-refractivity contribution in [3.05, 3.63) is 36.0 Å². The summed E-state index contributed by atoms with van der Waals surface area (Å²) in [6.45, 7) is 5.09. The van der Waals surface area contributed by atoms with Gasteiger partial charge < -0.3 is 9.42 Å². The Bertz CT molecular complexity index is 831. The molecule has 1 fully saturated rings. The van der Waals surface area contributed by atoms with Crippen LogP contribution >= 0.6 is 0 Å². The minimum atomic E-state index is -0.171. The van der Waals surface area contributed by atoms with Crippen molar-refractivity contribution in [1.82, 2.24) is 39.5 Å². The normalized spacial score (nSPS) is 16.0. The number of rotatable bonds is 3. The Labute approximate surface area is 137 Å². The molecule has 124 valence electrons. The Morgan fingerprint density at radius 2 is 2.08 bits per heavy atom. The molecule has 3 aromatic rings. The average Bonchev–Trinajstić information content (AvgIpc) is 3.21. The number of aromatic nitrogens is 6. The average molecular weight is 328 g/mol. The molecule has 1 aliphatic heterocycles. The summed E-state index contributed by atoms with van der Waals surface area (Å²) in [5.41, 5.74) is 0. The number of carbonyl (C=O) groups is 1. The summed E-state index contributed by atoms with van der Waals surface area (Å²) in [5.74, 6) is 1.66. The summed E-state index contributed by atoms with van der Waals surface area (Å²) < 4.78 is 6.48. The van der Waals surface area contributed by atoms with Gasteiger partial charge in [-0.25, -0.2) is 9.50 Å². The lowest BCUT2D eigenvalue weighted by Crippen LogP contribution is -2.48. The van der Waals surface area contributed by atoms with Crippen LogP contribution in [0, 0.1) is 6.92 Å². The predicted octanol–water partition coefficient (Wildman–Crippen LogP) is -0.226. The fraction of sp³-hybridized carbons (Fsp3) is 0.429. The molecule has 0 aliphatic carbocycles. The largest absolute Gasteiger partial charge is 0.340 e. The second-order valence-electron chi connectivity index (χ2n) is 5.60. The molecule has 3 aromatic heterocycles. The molecule has 1 amide bonds. The molecule has 4 rings (SSSR count). The first-order chi connectivity index (χ1) is 11.7. The van der Waals surface area contributed by atoms with Crippen molar-refractivity contribution in [2.45, 2.75) is 13.5 Å². The van der Waals surface area contributed by atoms with Crippen molar-refractivity contribution in [3.63, 3.8) is 0 Å². The van der Waals surface area contributed by atoms with Crippen molar-refractivity contribution in [2.75, 3.05) is 26.2 Å². The third-order valence-electron chi connectivity index (χ3n) is 3.90. The van der Waals surface area contributed by atoms with E-state index in [0.717, 1.165) is 13.1 Å². The summed E-state index contributed by atoms with van der Waals surface area (Å²) in [6.07, 6.45) is 3.34. The molecule has 1 aliphatic rings. The maximum absolute atomic E-state index is 12.5. The van der Waals surface area contributed by atoms with Gasteiger partial charge >= 0.3 is 0 Å². The molecular formula is C14H16N8O2. The second kappa shape index (κ2) is 5.96. The summed E-state index contributed by atoms with van der Waals surface area (Å²) >= 11 is 0. The summed E-state index contributed by atoms with van der Waals surface area (Å²) in [5, 5.41) is 8.08. The second-order valence-corrected chi connectivity index (χ2v) is 5.60. The fourth-order valence-electron chi connectivity index (χ4n) is 2.68. The smallest absolute Gasteiger partial charge is 0.293 e. The SMILES string of the molecule is Cc1nc(CN2CCN(C(=O)c3nc4ncccn4n3)CC2)no1. The molecule has 0 bridgehead atoms. The number of carbonyl (C=O) groups excluding carboxylic acids is 1. The Hall–Kier alpha value is -2.88. The molecule has 10 nitrogen and oxygen atoms in total. The third kappa shape index (κ3) is 2.83. The molecule has 0 saturated carbocycles. The van der Waals surface area contributed by atoms with Crippen LogP contribution in [-0.4, -0.2) is 71.6 Å². The highest BCUT2D eigenvalue weighted by atomic mass is 16.5. The Kier molecular flexibility index (Phi) is 3.65. The van der Waals surface area contributed by atoms with E-state index in [1.54, 1.807) is 30.3 Å². The van der Waals surface area contributed by atoms with Gasteiger partial charge in [-0.1, -0.05) is 5.16 Å². The Balaban J connectivity index is 1.39. The lowest BCUT2D eigenvalue weighted by atomic mass is 10.3. The van der Waals surface area contributed by atoms with Crippen LogP contribution in [0.15, 0.2) is 23.0 Å². The molecule has 0 N–H and O–H groups in total. The van der Waals surface area contributed by atoms with Gasteiger partial charge in [-0.3, -0.25) is 9.69 Å². The lowest BCUT2D eigenvalue weighted by molar-refractivity contribution is 0.0613. The first kappa shape index (κ1) is 14.7. The van der Waals surface area contributed by atoms with Gasteiger partial charge in [-0.2, -0.15) is 9.97 Å². The summed E-state index contributed by atoms with van der Waals surface area (Å²) in [7, 11) is 0. The molecule has 0 aromatic carbocycles. The highest BCUT2D eigenvalue weighted by Crippen LogP contribution is 2.09. The van der Waals surface area contributed by atoms with Gasteiger partial charge in [0.05, 0.1) is 6.54 Å². The highest BCUT2D eigenvalue weighted by Gasteiger charge is 2.25. The van der Waals surface area contributed by atoms with Crippen molar-refractivity contribution >= 4 is 11.7 Å². The van der Waals surface area contributed by atoms with Crippen molar-refractivity contribution in [1.29, 1.82) is 0 Å². The molecule has 1 saturated heterocycles. The van der Waals surface area contributed by atoms with E-state index in [9.17, 15) is 4.79 Å². The number of hydrogen-bond acceptors (Lipinski definition) is 8. The van der Waals surface area contributed by atoms with E-state index in [2.05, 4.69) is 30.1 Å². The van der Waals surface area contributed by atoms with E-state index < -0.39 is 0 Å². The van der Waals surface area contributed by atoms with E-state index in [4.69, 9.17) is 4.52 Å². The Morgan fingerprint density at radius 1 is 1.25 bits per heavy atom. The number of hydrogen-bond donors (Lipinski definition) is 0. The van der Waals surface area contributed by atoms with Gasteiger partial charge in [0.15, 0.2) is 5.82 Å². The molecule has 10 heteroatoms. The first-order valence-electron chi connectivity index (χ1n) is 7.67. The maximum atomic E-state index is 12.5. The van der Waals surface area contributed by atoms with Gasteiger partial charge in [-0.05, 0) is 6.07 Å². The van der Waals surface area contributed by atoms with Crippen molar-refractivity contribution in [2.24, 2.45) is 0 Å². The fourth-order valence-corrected chi connectivity index (χ4v) is 2.68. The first-order valence-corrected chi connectivity index (χ1v) is 7.67.